The molecule has 1 unspecified atom stereocenters. The molecule has 0 saturated heterocycles. The second-order valence-electron chi connectivity index (χ2n) is 4.16. The van der Waals surface area contributed by atoms with Crippen LogP contribution in [0.4, 0.5) is 18.9 Å². The van der Waals surface area contributed by atoms with E-state index in [1.165, 1.54) is 12.1 Å². The fourth-order valence-corrected chi connectivity index (χ4v) is 1.61. The highest BCUT2D eigenvalue weighted by molar-refractivity contribution is 5.55. The fourth-order valence-electron chi connectivity index (χ4n) is 1.61. The third-order valence-electron chi connectivity index (χ3n) is 2.88. The molecule has 0 saturated carbocycles. The normalized spacial score (nSPS) is 12.4. The molecule has 0 aliphatic rings. The van der Waals surface area contributed by atoms with Gasteiger partial charge in [-0.15, -0.1) is 0 Å². The van der Waals surface area contributed by atoms with Gasteiger partial charge >= 0.3 is 6.18 Å². The molecule has 0 radical (unpaired) electrons. The Morgan fingerprint density at radius 1 is 1.32 bits per heavy atom. The monoisotopic (exact) mass is 267 g/mol. The lowest BCUT2D eigenvalue weighted by molar-refractivity contribution is -0.137. The highest BCUT2D eigenvalue weighted by Gasteiger charge is 2.34. The fraction of sp³-hybridized carbons (Fsp3) is 0.385. The van der Waals surface area contributed by atoms with Crippen molar-refractivity contribution >= 4 is 5.69 Å². The summed E-state index contributed by atoms with van der Waals surface area (Å²) in [6, 6.07) is 6.82. The Labute approximate surface area is 109 Å². The molecule has 1 aromatic rings. The zero-order chi connectivity index (χ0) is 14.6. The number of nitrogens with zero attached hydrogens (tertiary/aromatic N) is 3. The average Bonchev–Trinajstić information content (AvgIpc) is 2.36. The van der Waals surface area contributed by atoms with Crippen molar-refractivity contribution < 1.29 is 13.2 Å². The van der Waals surface area contributed by atoms with Gasteiger partial charge in [0.25, 0.3) is 0 Å². The molecule has 0 aromatic heterocycles. The quantitative estimate of drug-likeness (QED) is 0.844. The van der Waals surface area contributed by atoms with E-state index >= 15 is 0 Å². The summed E-state index contributed by atoms with van der Waals surface area (Å²) in [5.74, 6) is 0. The van der Waals surface area contributed by atoms with Gasteiger partial charge in [0.15, 0.2) is 0 Å². The largest absolute Gasteiger partial charge is 0.417 e. The summed E-state index contributed by atoms with van der Waals surface area (Å²) in [5, 5.41) is 17.3. The molecule has 0 fully saturated rings. The van der Waals surface area contributed by atoms with Crippen LogP contribution in [-0.2, 0) is 6.18 Å². The first-order valence-electron chi connectivity index (χ1n) is 5.52. The van der Waals surface area contributed by atoms with Crippen LogP contribution in [0, 0.1) is 22.7 Å². The molecule has 0 heterocycles. The maximum absolute atomic E-state index is 12.8. The van der Waals surface area contributed by atoms with E-state index in [2.05, 4.69) is 0 Å². The van der Waals surface area contributed by atoms with E-state index in [0.717, 1.165) is 12.1 Å². The van der Waals surface area contributed by atoms with Gasteiger partial charge in [0.2, 0.25) is 0 Å². The minimum absolute atomic E-state index is 0.206. The summed E-state index contributed by atoms with van der Waals surface area (Å²) in [5.41, 5.74) is -1.03. The van der Waals surface area contributed by atoms with Gasteiger partial charge < -0.3 is 4.90 Å². The van der Waals surface area contributed by atoms with Crippen molar-refractivity contribution in [2.45, 2.75) is 25.6 Å². The van der Waals surface area contributed by atoms with Crippen LogP contribution in [0.15, 0.2) is 18.2 Å². The lowest BCUT2D eigenvalue weighted by Crippen LogP contribution is -2.28. The van der Waals surface area contributed by atoms with E-state index in [-0.39, 0.29) is 12.5 Å². The van der Waals surface area contributed by atoms with Crippen LogP contribution in [-0.4, -0.2) is 13.1 Å². The van der Waals surface area contributed by atoms with Gasteiger partial charge in [-0.25, -0.2) is 0 Å². The van der Waals surface area contributed by atoms with E-state index in [4.69, 9.17) is 10.5 Å². The number of rotatable bonds is 3. The van der Waals surface area contributed by atoms with Crippen LogP contribution in [0.25, 0.3) is 0 Å². The van der Waals surface area contributed by atoms with Gasteiger partial charge in [0.05, 0.1) is 29.7 Å². The van der Waals surface area contributed by atoms with E-state index in [9.17, 15) is 13.2 Å². The summed E-state index contributed by atoms with van der Waals surface area (Å²) in [6.45, 7) is 1.74. The maximum atomic E-state index is 12.8. The molecular weight excluding hydrogens is 255 g/mol. The highest BCUT2D eigenvalue weighted by Crippen LogP contribution is 2.34. The van der Waals surface area contributed by atoms with Crippen LogP contribution in [0.2, 0.25) is 0 Å². The maximum Gasteiger partial charge on any atom is 0.417 e. The number of halogens is 3. The van der Waals surface area contributed by atoms with E-state index < -0.39 is 17.3 Å². The Kier molecular flexibility index (Phi) is 4.39. The third-order valence-corrected chi connectivity index (χ3v) is 2.88. The third kappa shape index (κ3) is 3.38. The zero-order valence-corrected chi connectivity index (χ0v) is 10.5. The summed E-state index contributed by atoms with van der Waals surface area (Å²) in [6.07, 6.45) is -4.36. The summed E-state index contributed by atoms with van der Waals surface area (Å²) in [7, 11) is 1.61. The van der Waals surface area contributed by atoms with Crippen molar-refractivity contribution in [1.29, 1.82) is 10.5 Å². The van der Waals surface area contributed by atoms with Crippen molar-refractivity contribution in [3.63, 3.8) is 0 Å². The molecule has 6 heteroatoms. The zero-order valence-electron chi connectivity index (χ0n) is 10.5. The lowest BCUT2D eigenvalue weighted by atomic mass is 10.1. The highest BCUT2D eigenvalue weighted by atomic mass is 19.4. The first kappa shape index (κ1) is 14.8. The topological polar surface area (TPSA) is 50.8 Å². The van der Waals surface area contributed by atoms with Gasteiger partial charge in [0, 0.05) is 18.8 Å². The molecular formula is C13H12F3N3. The van der Waals surface area contributed by atoms with Crippen molar-refractivity contribution in [2.75, 3.05) is 11.9 Å². The van der Waals surface area contributed by atoms with Gasteiger partial charge in [-0.05, 0) is 25.1 Å². The first-order valence-corrected chi connectivity index (χ1v) is 5.52. The molecule has 0 aliphatic heterocycles. The second-order valence-corrected chi connectivity index (χ2v) is 4.16. The summed E-state index contributed by atoms with van der Waals surface area (Å²) in [4.78, 5) is 1.58. The Morgan fingerprint density at radius 3 is 2.42 bits per heavy atom. The Hall–Kier alpha value is -2.21. The van der Waals surface area contributed by atoms with Crippen molar-refractivity contribution in [3.05, 3.63) is 29.3 Å². The Morgan fingerprint density at radius 2 is 1.95 bits per heavy atom. The number of hydrogen-bond donors (Lipinski definition) is 0. The smallest absolute Gasteiger partial charge is 0.371 e. The minimum Gasteiger partial charge on any atom is -0.371 e. The van der Waals surface area contributed by atoms with Crippen molar-refractivity contribution in [2.24, 2.45) is 0 Å². The molecule has 1 aromatic carbocycles. The number of hydrogen-bond acceptors (Lipinski definition) is 3. The molecule has 0 amide bonds. The number of alkyl halides is 3. The van der Waals surface area contributed by atoms with Gasteiger partial charge in [-0.2, -0.15) is 23.7 Å². The van der Waals surface area contributed by atoms with Gasteiger partial charge in [0.1, 0.15) is 0 Å². The van der Waals surface area contributed by atoms with Crippen LogP contribution in [0.1, 0.15) is 24.5 Å². The first-order chi connectivity index (χ1) is 8.81. The predicted molar refractivity (Wildman–Crippen MR) is 64.3 cm³/mol. The average molecular weight is 267 g/mol. The van der Waals surface area contributed by atoms with Crippen LogP contribution in [0.5, 0.6) is 0 Å². The molecule has 0 spiro atoms. The molecule has 0 bridgehead atoms. The summed E-state index contributed by atoms with van der Waals surface area (Å²) >= 11 is 0. The minimum atomic E-state index is -4.57. The molecule has 0 N–H and O–H groups in total. The molecule has 3 nitrogen and oxygen atoms in total. The molecule has 1 rings (SSSR count). The summed E-state index contributed by atoms with van der Waals surface area (Å²) < 4.78 is 38.4. The predicted octanol–water partition coefficient (Wildman–Crippen LogP) is 3.32. The van der Waals surface area contributed by atoms with Crippen molar-refractivity contribution in [1.82, 2.24) is 0 Å². The van der Waals surface area contributed by atoms with E-state index in [0.29, 0.717) is 5.69 Å². The Bertz CT molecular complexity index is 538. The number of nitriles is 2. The van der Waals surface area contributed by atoms with E-state index in [1.807, 2.05) is 6.07 Å². The lowest BCUT2D eigenvalue weighted by Gasteiger charge is -2.26. The van der Waals surface area contributed by atoms with Crippen LogP contribution >= 0.6 is 0 Å². The standard InChI is InChI=1S/C13H12F3N3/c1-9(5-6-17)19(2)11-4-3-10(8-18)12(7-11)13(14,15)16/h3-4,7,9H,5H2,1-2H3. The molecule has 100 valence electrons. The molecule has 19 heavy (non-hydrogen) atoms. The number of benzene rings is 1. The number of anilines is 1. The van der Waals surface area contributed by atoms with E-state index in [1.54, 1.807) is 18.9 Å². The molecule has 0 aliphatic carbocycles. The SMILES string of the molecule is CC(CC#N)N(C)c1ccc(C#N)c(C(F)(F)F)c1. The molecule has 1 atom stereocenters. The van der Waals surface area contributed by atoms with Crippen LogP contribution in [0.3, 0.4) is 0 Å². The Balaban J connectivity index is 3.20. The van der Waals surface area contributed by atoms with Gasteiger partial charge in [-0.3, -0.25) is 0 Å². The second kappa shape index (κ2) is 5.62. The van der Waals surface area contributed by atoms with Crippen molar-refractivity contribution in [3.8, 4) is 12.1 Å². The van der Waals surface area contributed by atoms with Crippen LogP contribution < -0.4 is 4.90 Å². The van der Waals surface area contributed by atoms with Gasteiger partial charge in [-0.1, -0.05) is 0 Å².